The second-order valence-electron chi connectivity index (χ2n) is 5.49. The molecule has 3 rings (SSSR count). The summed E-state index contributed by atoms with van der Waals surface area (Å²) in [5.41, 5.74) is 1.76. The Labute approximate surface area is 180 Å². The van der Waals surface area contributed by atoms with Gasteiger partial charge in [0.2, 0.25) is 0 Å². The lowest BCUT2D eigenvalue weighted by molar-refractivity contribution is -0.0451. The number of rotatable bonds is 2. The van der Waals surface area contributed by atoms with E-state index >= 15 is 0 Å². The summed E-state index contributed by atoms with van der Waals surface area (Å²) in [4.78, 5) is 10.3. The van der Waals surface area contributed by atoms with Gasteiger partial charge in [0.05, 0.1) is 12.2 Å². The molecule has 2 aromatic carbocycles. The zero-order valence-electron chi connectivity index (χ0n) is 13.1. The van der Waals surface area contributed by atoms with Crippen LogP contribution in [0.4, 0.5) is 0 Å². The van der Waals surface area contributed by atoms with Crippen LogP contribution in [0.1, 0.15) is 34.9 Å². The number of benzene rings is 2. The molecular weight excluding hydrogens is 584 g/mol. The number of hydrogen-bond acceptors (Lipinski definition) is 3. The van der Waals surface area contributed by atoms with Crippen molar-refractivity contribution < 1.29 is 14.6 Å². The van der Waals surface area contributed by atoms with E-state index in [1.54, 1.807) is 6.07 Å². The molecule has 2 aromatic rings. The van der Waals surface area contributed by atoms with E-state index in [0.717, 1.165) is 36.2 Å². The molecule has 7 heteroatoms. The average Bonchev–Trinajstić information content (AvgIpc) is 2.60. The molecule has 3 nitrogen and oxygen atoms in total. The monoisotopic (exact) mass is 596 g/mol. The number of aliphatic hydroxyl groups is 1. The van der Waals surface area contributed by atoms with Crippen LogP contribution < -0.4 is 0 Å². The predicted octanol–water partition coefficient (Wildman–Crippen LogP) is 6.45. The van der Waals surface area contributed by atoms with Gasteiger partial charge in [-0.05, 0) is 48.4 Å². The zero-order valence-corrected chi connectivity index (χ0v) is 19.4. The molecule has 0 aliphatic carbocycles. The first-order valence-electron chi connectivity index (χ1n) is 7.55. The fourth-order valence-corrected chi connectivity index (χ4v) is 3.96. The number of aliphatic hydroxyl groups excluding tert-OH is 1. The highest BCUT2D eigenvalue weighted by Gasteiger charge is 2.23. The van der Waals surface area contributed by atoms with Crippen LogP contribution in [0, 0.1) is 0 Å². The molecule has 0 saturated carbocycles. The summed E-state index contributed by atoms with van der Waals surface area (Å²) in [6.07, 6.45) is 1.99. The molecule has 2 unspecified atom stereocenters. The molecule has 1 fully saturated rings. The Morgan fingerprint density at radius 2 is 1.64 bits per heavy atom. The third-order valence-corrected chi connectivity index (χ3v) is 6.08. The van der Waals surface area contributed by atoms with Gasteiger partial charge in [-0.2, -0.15) is 0 Å². The highest BCUT2D eigenvalue weighted by molar-refractivity contribution is 9.11. The predicted molar refractivity (Wildman–Crippen MR) is 113 cm³/mol. The molecule has 25 heavy (non-hydrogen) atoms. The molecule has 0 spiro atoms. The minimum Gasteiger partial charge on any atom is -0.393 e. The summed E-state index contributed by atoms with van der Waals surface area (Å²) < 4.78 is 9.46. The average molecular weight is 600 g/mol. The summed E-state index contributed by atoms with van der Waals surface area (Å²) >= 11 is 13.4. The van der Waals surface area contributed by atoms with Gasteiger partial charge in [0.1, 0.15) is 0 Å². The molecule has 1 N–H and O–H groups in total. The number of ether oxygens (including phenoxy) is 1. The topological polar surface area (TPSA) is 46.5 Å². The summed E-state index contributed by atoms with van der Waals surface area (Å²) in [5.74, 6) is 0. The van der Waals surface area contributed by atoms with Crippen LogP contribution in [0.5, 0.6) is 0 Å². The molecule has 0 amide bonds. The molecule has 1 aliphatic rings. The van der Waals surface area contributed by atoms with E-state index in [0.29, 0.717) is 18.6 Å². The zero-order chi connectivity index (χ0) is 18.4. The standard InChI is InChI=1S/C11H12Br2O2.C7H4Br2O/c12-7-1-2-10(13)9(5-7)11-6-8(14)3-4-15-11;8-6-1-2-7(9)5(3-6)4-10/h1-2,5,8,11,14H,3-4,6H2;1-4H. The maximum atomic E-state index is 10.3. The van der Waals surface area contributed by atoms with Gasteiger partial charge in [-0.3, -0.25) is 4.79 Å². The van der Waals surface area contributed by atoms with Gasteiger partial charge in [-0.15, -0.1) is 0 Å². The van der Waals surface area contributed by atoms with Crippen LogP contribution in [0.25, 0.3) is 0 Å². The van der Waals surface area contributed by atoms with Crippen molar-refractivity contribution in [3.63, 3.8) is 0 Å². The Morgan fingerprint density at radius 3 is 2.24 bits per heavy atom. The Morgan fingerprint density at radius 1 is 1.00 bits per heavy atom. The summed E-state index contributed by atoms with van der Waals surface area (Å²) in [6.45, 7) is 0.630. The molecule has 2 atom stereocenters. The SMILES string of the molecule is O=Cc1cc(Br)ccc1Br.OC1CCOC(c2cc(Br)ccc2Br)C1. The minimum absolute atomic E-state index is 0.000579. The lowest BCUT2D eigenvalue weighted by Gasteiger charge is -2.27. The van der Waals surface area contributed by atoms with Crippen molar-refractivity contribution >= 4 is 70.0 Å². The van der Waals surface area contributed by atoms with Gasteiger partial charge >= 0.3 is 0 Å². The molecule has 1 saturated heterocycles. The number of carbonyl (C=O) groups is 1. The highest BCUT2D eigenvalue weighted by atomic mass is 79.9. The third-order valence-electron chi connectivity index (χ3n) is 3.65. The number of aldehydes is 1. The largest absolute Gasteiger partial charge is 0.393 e. The fourth-order valence-electron chi connectivity index (χ4n) is 2.36. The van der Waals surface area contributed by atoms with Gasteiger partial charge in [-0.1, -0.05) is 63.7 Å². The van der Waals surface area contributed by atoms with Crippen LogP contribution >= 0.6 is 63.7 Å². The Bertz CT molecular complexity index is 736. The molecule has 0 radical (unpaired) electrons. The lowest BCUT2D eigenvalue weighted by atomic mass is 9.99. The number of hydrogen-bond donors (Lipinski definition) is 1. The van der Waals surface area contributed by atoms with Gasteiger partial charge in [-0.25, -0.2) is 0 Å². The first kappa shape index (κ1) is 21.3. The summed E-state index contributed by atoms with van der Waals surface area (Å²) in [6, 6.07) is 11.5. The lowest BCUT2D eigenvalue weighted by Crippen LogP contribution is -2.23. The fraction of sp³-hybridized carbons (Fsp3) is 0.278. The van der Waals surface area contributed by atoms with Gasteiger partial charge in [0.15, 0.2) is 6.29 Å². The van der Waals surface area contributed by atoms with Gasteiger partial charge in [0.25, 0.3) is 0 Å². The molecule has 0 aromatic heterocycles. The second-order valence-corrected chi connectivity index (χ2v) is 9.03. The Balaban J connectivity index is 0.000000196. The van der Waals surface area contributed by atoms with Crippen molar-refractivity contribution in [2.24, 2.45) is 0 Å². The maximum absolute atomic E-state index is 10.3. The number of carbonyl (C=O) groups excluding carboxylic acids is 1. The van der Waals surface area contributed by atoms with Crippen molar-refractivity contribution in [1.82, 2.24) is 0 Å². The quantitative estimate of drug-likeness (QED) is 0.404. The Kier molecular flexibility index (Phi) is 8.78. The first-order chi connectivity index (χ1) is 11.9. The van der Waals surface area contributed by atoms with Crippen molar-refractivity contribution in [3.8, 4) is 0 Å². The van der Waals surface area contributed by atoms with E-state index < -0.39 is 0 Å². The van der Waals surface area contributed by atoms with Crippen molar-refractivity contribution in [2.75, 3.05) is 6.61 Å². The van der Waals surface area contributed by atoms with Crippen LogP contribution in [-0.4, -0.2) is 24.1 Å². The van der Waals surface area contributed by atoms with Crippen molar-refractivity contribution in [2.45, 2.75) is 25.0 Å². The normalized spacial score (nSPS) is 19.7. The van der Waals surface area contributed by atoms with Crippen LogP contribution in [-0.2, 0) is 4.74 Å². The molecule has 1 aliphatic heterocycles. The molecule has 134 valence electrons. The second kappa shape index (κ2) is 10.3. The van der Waals surface area contributed by atoms with Crippen molar-refractivity contribution in [1.29, 1.82) is 0 Å². The van der Waals surface area contributed by atoms with Gasteiger partial charge in [0, 0.05) is 36.5 Å². The summed E-state index contributed by atoms with van der Waals surface area (Å²) in [7, 11) is 0. The van der Waals surface area contributed by atoms with Gasteiger partial charge < -0.3 is 9.84 Å². The van der Waals surface area contributed by atoms with Crippen LogP contribution in [0.2, 0.25) is 0 Å². The highest BCUT2D eigenvalue weighted by Crippen LogP contribution is 2.34. The third kappa shape index (κ3) is 6.56. The first-order valence-corrected chi connectivity index (χ1v) is 10.7. The van der Waals surface area contributed by atoms with E-state index in [1.165, 1.54) is 0 Å². The van der Waals surface area contributed by atoms with E-state index in [-0.39, 0.29) is 12.2 Å². The number of halogens is 4. The Hall–Kier alpha value is -0.0500. The molecular formula is C18H16Br4O3. The smallest absolute Gasteiger partial charge is 0.151 e. The maximum Gasteiger partial charge on any atom is 0.151 e. The van der Waals surface area contributed by atoms with E-state index in [1.807, 2.05) is 30.3 Å². The van der Waals surface area contributed by atoms with E-state index in [4.69, 9.17) is 4.74 Å². The molecule has 0 bridgehead atoms. The van der Waals surface area contributed by atoms with Crippen molar-refractivity contribution in [3.05, 3.63) is 65.4 Å². The molecule has 1 heterocycles. The summed E-state index contributed by atoms with van der Waals surface area (Å²) in [5, 5.41) is 9.59. The van der Waals surface area contributed by atoms with Crippen LogP contribution in [0.3, 0.4) is 0 Å². The van der Waals surface area contributed by atoms with Crippen LogP contribution in [0.15, 0.2) is 54.3 Å². The van der Waals surface area contributed by atoms with E-state index in [2.05, 4.69) is 63.7 Å². The van der Waals surface area contributed by atoms with E-state index in [9.17, 15) is 9.90 Å². The minimum atomic E-state index is -0.241.